The maximum absolute atomic E-state index is 11.7. The molecule has 1 aliphatic carbocycles. The minimum atomic E-state index is -0.408. The topological polar surface area (TPSA) is 41.6 Å². The van der Waals surface area contributed by atoms with Crippen LogP contribution in [-0.2, 0) is 4.74 Å². The fourth-order valence-electron chi connectivity index (χ4n) is 2.37. The summed E-state index contributed by atoms with van der Waals surface area (Å²) in [7, 11) is 0. The molecular weight excluding hydrogens is 216 g/mol. The molecule has 0 spiro atoms. The molecule has 4 heteroatoms. The van der Waals surface area contributed by atoms with Crippen LogP contribution >= 0.6 is 0 Å². The van der Waals surface area contributed by atoms with Crippen molar-refractivity contribution in [2.45, 2.75) is 64.1 Å². The van der Waals surface area contributed by atoms with Crippen LogP contribution in [0.15, 0.2) is 0 Å². The Hall–Kier alpha value is -0.770. The molecule has 1 amide bonds. The van der Waals surface area contributed by atoms with Crippen molar-refractivity contribution in [3.8, 4) is 0 Å². The number of carbonyl (C=O) groups is 1. The van der Waals surface area contributed by atoms with E-state index in [9.17, 15) is 4.79 Å². The largest absolute Gasteiger partial charge is 0.444 e. The predicted octanol–water partition coefficient (Wildman–Crippen LogP) is 2.14. The summed E-state index contributed by atoms with van der Waals surface area (Å²) in [6.45, 7) is 7.86. The van der Waals surface area contributed by atoms with Crippen LogP contribution in [0.4, 0.5) is 4.79 Å². The summed E-state index contributed by atoms with van der Waals surface area (Å²) in [5, 5.41) is 2.99. The number of nitrogens with one attached hydrogen (secondary N) is 1. The van der Waals surface area contributed by atoms with Gasteiger partial charge < -0.3 is 10.1 Å². The summed E-state index contributed by atoms with van der Waals surface area (Å²) in [6, 6.07) is 1.05. The van der Waals surface area contributed by atoms with Gasteiger partial charge in [0.15, 0.2) is 0 Å². The van der Waals surface area contributed by atoms with Gasteiger partial charge >= 0.3 is 6.09 Å². The molecule has 0 aromatic rings. The molecule has 2 aliphatic rings. The Kier molecular flexibility index (Phi) is 3.61. The average Bonchev–Trinajstić information content (AvgIpc) is 2.97. The van der Waals surface area contributed by atoms with Crippen LogP contribution < -0.4 is 5.32 Å². The van der Waals surface area contributed by atoms with E-state index in [0.29, 0.717) is 0 Å². The van der Waals surface area contributed by atoms with Gasteiger partial charge in [-0.1, -0.05) is 0 Å². The lowest BCUT2D eigenvalue weighted by molar-refractivity contribution is 0.0470. The highest BCUT2D eigenvalue weighted by molar-refractivity contribution is 5.68. The van der Waals surface area contributed by atoms with Gasteiger partial charge in [0.05, 0.1) is 0 Å². The molecular formula is C13H24N2O2. The Bertz CT molecular complexity index is 282. The molecule has 17 heavy (non-hydrogen) atoms. The van der Waals surface area contributed by atoms with E-state index in [2.05, 4.69) is 10.2 Å². The molecule has 0 radical (unpaired) electrons. The molecule has 2 fully saturated rings. The number of amides is 1. The number of alkyl carbamates (subject to hydrolysis) is 1. The van der Waals surface area contributed by atoms with E-state index in [0.717, 1.165) is 19.0 Å². The van der Waals surface area contributed by atoms with E-state index in [1.807, 2.05) is 20.8 Å². The zero-order chi connectivity index (χ0) is 12.5. The minimum Gasteiger partial charge on any atom is -0.444 e. The molecule has 98 valence electrons. The van der Waals surface area contributed by atoms with E-state index in [1.165, 1.54) is 25.8 Å². The molecule has 0 aromatic heterocycles. The first-order valence-electron chi connectivity index (χ1n) is 6.67. The van der Waals surface area contributed by atoms with Crippen LogP contribution in [-0.4, -0.2) is 41.8 Å². The van der Waals surface area contributed by atoms with Crippen molar-refractivity contribution >= 4 is 6.09 Å². The molecule has 0 aromatic carbocycles. The van der Waals surface area contributed by atoms with Crippen molar-refractivity contribution < 1.29 is 9.53 Å². The van der Waals surface area contributed by atoms with Crippen LogP contribution in [0.3, 0.4) is 0 Å². The smallest absolute Gasteiger partial charge is 0.407 e. The Morgan fingerprint density at radius 3 is 2.59 bits per heavy atom. The van der Waals surface area contributed by atoms with Crippen molar-refractivity contribution in [3.05, 3.63) is 0 Å². The fraction of sp³-hybridized carbons (Fsp3) is 0.923. The predicted molar refractivity (Wildman–Crippen MR) is 67.0 cm³/mol. The van der Waals surface area contributed by atoms with Gasteiger partial charge in [-0.3, -0.25) is 4.90 Å². The van der Waals surface area contributed by atoms with Crippen LogP contribution in [0.25, 0.3) is 0 Å². The van der Waals surface area contributed by atoms with Gasteiger partial charge in [-0.25, -0.2) is 4.79 Å². The number of ether oxygens (including phenoxy) is 1. The second-order valence-electron chi connectivity index (χ2n) is 6.21. The van der Waals surface area contributed by atoms with Crippen LogP contribution in [0.5, 0.6) is 0 Å². The van der Waals surface area contributed by atoms with E-state index < -0.39 is 5.60 Å². The summed E-state index contributed by atoms with van der Waals surface area (Å²) in [4.78, 5) is 14.2. The SMILES string of the molecule is CC(C)(C)OC(=O)NC1CCCN(C2CC2)C1. The Morgan fingerprint density at radius 2 is 2.00 bits per heavy atom. The number of hydrogen-bond donors (Lipinski definition) is 1. The Labute approximate surface area is 104 Å². The van der Waals surface area contributed by atoms with E-state index >= 15 is 0 Å². The van der Waals surface area contributed by atoms with Crippen molar-refractivity contribution in [1.82, 2.24) is 10.2 Å². The van der Waals surface area contributed by atoms with Crippen LogP contribution in [0, 0.1) is 0 Å². The molecule has 1 saturated carbocycles. The lowest BCUT2D eigenvalue weighted by Gasteiger charge is -2.33. The van der Waals surface area contributed by atoms with Crippen molar-refractivity contribution in [2.24, 2.45) is 0 Å². The highest BCUT2D eigenvalue weighted by Gasteiger charge is 2.33. The summed E-state index contributed by atoms with van der Waals surface area (Å²) >= 11 is 0. The number of nitrogens with zero attached hydrogens (tertiary/aromatic N) is 1. The zero-order valence-corrected chi connectivity index (χ0v) is 11.2. The summed E-state index contributed by atoms with van der Waals surface area (Å²) in [6.07, 6.45) is 4.64. The molecule has 1 N–H and O–H groups in total. The van der Waals surface area contributed by atoms with Crippen molar-refractivity contribution in [1.29, 1.82) is 0 Å². The third kappa shape index (κ3) is 4.19. The molecule has 2 rings (SSSR count). The van der Waals surface area contributed by atoms with Gasteiger partial charge in [0.1, 0.15) is 5.60 Å². The molecule has 1 heterocycles. The maximum Gasteiger partial charge on any atom is 0.407 e. The van der Waals surface area contributed by atoms with Gasteiger partial charge in [-0.15, -0.1) is 0 Å². The lowest BCUT2D eigenvalue weighted by atomic mass is 10.1. The van der Waals surface area contributed by atoms with Crippen LogP contribution in [0.2, 0.25) is 0 Å². The summed E-state index contributed by atoms with van der Waals surface area (Å²) in [5.41, 5.74) is -0.408. The number of likely N-dealkylation sites (tertiary alicyclic amines) is 1. The monoisotopic (exact) mass is 240 g/mol. The molecule has 1 saturated heterocycles. The Balaban J connectivity index is 1.76. The fourth-order valence-corrected chi connectivity index (χ4v) is 2.37. The Morgan fingerprint density at radius 1 is 1.29 bits per heavy atom. The normalized spacial score (nSPS) is 26.6. The number of carbonyl (C=O) groups excluding carboxylic acids is 1. The van der Waals surface area contributed by atoms with Gasteiger partial charge in [0.2, 0.25) is 0 Å². The van der Waals surface area contributed by atoms with Gasteiger partial charge in [0.25, 0.3) is 0 Å². The standard InChI is InChI=1S/C13H24N2O2/c1-13(2,3)17-12(16)14-10-5-4-8-15(9-10)11-6-7-11/h10-11H,4-9H2,1-3H3,(H,14,16). The highest BCUT2D eigenvalue weighted by Crippen LogP contribution is 2.29. The third-order valence-corrected chi connectivity index (χ3v) is 3.24. The average molecular weight is 240 g/mol. The number of rotatable bonds is 2. The second kappa shape index (κ2) is 4.84. The zero-order valence-electron chi connectivity index (χ0n) is 11.2. The first-order chi connectivity index (χ1) is 7.94. The van der Waals surface area contributed by atoms with E-state index in [-0.39, 0.29) is 12.1 Å². The van der Waals surface area contributed by atoms with Crippen molar-refractivity contribution in [2.75, 3.05) is 13.1 Å². The lowest BCUT2D eigenvalue weighted by Crippen LogP contribution is -2.49. The quantitative estimate of drug-likeness (QED) is 0.804. The van der Waals surface area contributed by atoms with Gasteiger partial charge in [0, 0.05) is 18.6 Å². The maximum atomic E-state index is 11.7. The van der Waals surface area contributed by atoms with Crippen molar-refractivity contribution in [3.63, 3.8) is 0 Å². The van der Waals surface area contributed by atoms with Crippen LogP contribution in [0.1, 0.15) is 46.5 Å². The molecule has 1 atom stereocenters. The van der Waals surface area contributed by atoms with E-state index in [4.69, 9.17) is 4.74 Å². The molecule has 1 aliphatic heterocycles. The third-order valence-electron chi connectivity index (χ3n) is 3.24. The highest BCUT2D eigenvalue weighted by atomic mass is 16.6. The number of hydrogen-bond acceptors (Lipinski definition) is 3. The number of piperidine rings is 1. The summed E-state index contributed by atoms with van der Waals surface area (Å²) < 4.78 is 5.28. The summed E-state index contributed by atoms with van der Waals surface area (Å²) in [5.74, 6) is 0. The van der Waals surface area contributed by atoms with Gasteiger partial charge in [-0.05, 0) is 53.0 Å². The minimum absolute atomic E-state index is 0.263. The van der Waals surface area contributed by atoms with Gasteiger partial charge in [-0.2, -0.15) is 0 Å². The first kappa shape index (κ1) is 12.7. The van der Waals surface area contributed by atoms with E-state index in [1.54, 1.807) is 0 Å². The molecule has 0 bridgehead atoms. The first-order valence-corrected chi connectivity index (χ1v) is 6.67. The molecule has 4 nitrogen and oxygen atoms in total. The molecule has 1 unspecified atom stereocenters. The second-order valence-corrected chi connectivity index (χ2v) is 6.21.